The Morgan fingerprint density at radius 3 is 2.35 bits per heavy atom. The molecular formula is C12H13BrF3N. The molecule has 1 aliphatic carbocycles. The van der Waals surface area contributed by atoms with E-state index in [0.717, 1.165) is 31.4 Å². The van der Waals surface area contributed by atoms with Gasteiger partial charge in [0, 0.05) is 10.5 Å². The van der Waals surface area contributed by atoms with E-state index in [0.29, 0.717) is 16.0 Å². The van der Waals surface area contributed by atoms with Crippen molar-refractivity contribution in [3.05, 3.63) is 33.8 Å². The number of hydrogen-bond acceptors (Lipinski definition) is 1. The molecule has 1 atom stereocenters. The van der Waals surface area contributed by atoms with Gasteiger partial charge in [-0.25, -0.2) is 0 Å². The molecule has 0 bridgehead atoms. The zero-order chi connectivity index (χ0) is 12.6. The van der Waals surface area contributed by atoms with Crippen molar-refractivity contribution in [2.24, 2.45) is 11.7 Å². The SMILES string of the molecule is N[C@@H](c1cc(Br)cc(C(F)(F)F)c1)C1CCC1. The second kappa shape index (κ2) is 4.61. The Hall–Kier alpha value is -0.550. The molecule has 0 unspecified atom stereocenters. The molecule has 1 aromatic carbocycles. The van der Waals surface area contributed by atoms with E-state index in [1.54, 1.807) is 6.07 Å². The van der Waals surface area contributed by atoms with Crippen LogP contribution in [-0.2, 0) is 6.18 Å². The Balaban J connectivity index is 2.30. The first-order valence-electron chi connectivity index (χ1n) is 5.51. The van der Waals surface area contributed by atoms with Crippen LogP contribution >= 0.6 is 15.9 Å². The summed E-state index contributed by atoms with van der Waals surface area (Å²) < 4.78 is 38.4. The molecular weight excluding hydrogens is 295 g/mol. The molecule has 1 aliphatic rings. The number of alkyl halides is 3. The van der Waals surface area contributed by atoms with Gasteiger partial charge in [-0.2, -0.15) is 13.2 Å². The van der Waals surface area contributed by atoms with Crippen LogP contribution in [0.25, 0.3) is 0 Å². The number of rotatable bonds is 2. The second-order valence-electron chi connectivity index (χ2n) is 4.49. The van der Waals surface area contributed by atoms with Crippen LogP contribution in [0.15, 0.2) is 22.7 Å². The minimum absolute atomic E-state index is 0.289. The Morgan fingerprint density at radius 2 is 1.88 bits per heavy atom. The van der Waals surface area contributed by atoms with Crippen molar-refractivity contribution < 1.29 is 13.2 Å². The van der Waals surface area contributed by atoms with Gasteiger partial charge in [0.2, 0.25) is 0 Å². The molecule has 0 radical (unpaired) electrons. The molecule has 0 aromatic heterocycles. The fourth-order valence-electron chi connectivity index (χ4n) is 2.04. The summed E-state index contributed by atoms with van der Waals surface area (Å²) in [5, 5.41) is 0. The summed E-state index contributed by atoms with van der Waals surface area (Å²) in [5.74, 6) is 0.324. The molecule has 17 heavy (non-hydrogen) atoms. The smallest absolute Gasteiger partial charge is 0.324 e. The Kier molecular flexibility index (Phi) is 3.50. The molecule has 2 N–H and O–H groups in total. The fraction of sp³-hybridized carbons (Fsp3) is 0.500. The zero-order valence-corrected chi connectivity index (χ0v) is 10.7. The minimum Gasteiger partial charge on any atom is -0.324 e. The van der Waals surface area contributed by atoms with Crippen LogP contribution in [-0.4, -0.2) is 0 Å². The highest BCUT2D eigenvalue weighted by Gasteiger charge is 2.33. The van der Waals surface area contributed by atoms with E-state index in [4.69, 9.17) is 5.73 Å². The van der Waals surface area contributed by atoms with Gasteiger partial charge in [-0.05, 0) is 42.5 Å². The summed E-state index contributed by atoms with van der Waals surface area (Å²) in [6.45, 7) is 0. The summed E-state index contributed by atoms with van der Waals surface area (Å²) in [6.07, 6.45) is -1.18. The molecule has 0 heterocycles. The average Bonchev–Trinajstić information content (AvgIpc) is 2.12. The molecule has 0 amide bonds. The lowest BCUT2D eigenvalue weighted by atomic mass is 9.77. The molecule has 2 rings (SSSR count). The summed E-state index contributed by atoms with van der Waals surface area (Å²) in [4.78, 5) is 0. The maximum Gasteiger partial charge on any atom is 0.416 e. The molecule has 94 valence electrons. The third kappa shape index (κ3) is 2.83. The van der Waals surface area contributed by atoms with Crippen LogP contribution in [0.2, 0.25) is 0 Å². The van der Waals surface area contributed by atoms with E-state index >= 15 is 0 Å². The third-order valence-corrected chi connectivity index (χ3v) is 3.75. The van der Waals surface area contributed by atoms with E-state index in [-0.39, 0.29) is 6.04 Å². The molecule has 1 fully saturated rings. The van der Waals surface area contributed by atoms with Gasteiger partial charge < -0.3 is 5.73 Å². The van der Waals surface area contributed by atoms with Gasteiger partial charge in [-0.15, -0.1) is 0 Å². The maximum absolute atomic E-state index is 12.6. The van der Waals surface area contributed by atoms with Crippen LogP contribution in [0.1, 0.15) is 36.4 Å². The van der Waals surface area contributed by atoms with Gasteiger partial charge in [0.15, 0.2) is 0 Å². The minimum atomic E-state index is -4.32. The van der Waals surface area contributed by atoms with Crippen molar-refractivity contribution in [1.29, 1.82) is 0 Å². The van der Waals surface area contributed by atoms with Crippen molar-refractivity contribution in [1.82, 2.24) is 0 Å². The first-order valence-corrected chi connectivity index (χ1v) is 6.30. The van der Waals surface area contributed by atoms with E-state index in [1.807, 2.05) is 0 Å². The molecule has 1 nitrogen and oxygen atoms in total. The highest BCUT2D eigenvalue weighted by Crippen LogP contribution is 2.39. The lowest BCUT2D eigenvalue weighted by molar-refractivity contribution is -0.137. The number of benzene rings is 1. The summed E-state index contributed by atoms with van der Waals surface area (Å²) >= 11 is 3.11. The molecule has 1 aromatic rings. The standard InChI is InChI=1S/C12H13BrF3N/c13-10-5-8(11(17)7-2-1-3-7)4-9(6-10)12(14,15)16/h4-7,11H,1-3,17H2/t11-/m1/s1. The predicted molar refractivity (Wildman–Crippen MR) is 63.4 cm³/mol. The van der Waals surface area contributed by atoms with Gasteiger partial charge >= 0.3 is 6.18 Å². The number of nitrogens with two attached hydrogens (primary N) is 1. The van der Waals surface area contributed by atoms with Crippen molar-refractivity contribution >= 4 is 15.9 Å². The lowest BCUT2D eigenvalue weighted by Crippen LogP contribution is -2.27. The van der Waals surface area contributed by atoms with Gasteiger partial charge in [0.05, 0.1) is 5.56 Å². The van der Waals surface area contributed by atoms with Crippen molar-refractivity contribution in [2.75, 3.05) is 0 Å². The monoisotopic (exact) mass is 307 g/mol. The Bertz CT molecular complexity index is 413. The highest BCUT2D eigenvalue weighted by atomic mass is 79.9. The van der Waals surface area contributed by atoms with E-state index in [2.05, 4.69) is 15.9 Å². The number of hydrogen-bond donors (Lipinski definition) is 1. The summed E-state index contributed by atoms with van der Waals surface area (Å²) in [6, 6.07) is 3.63. The van der Waals surface area contributed by atoms with Crippen LogP contribution in [0.5, 0.6) is 0 Å². The predicted octanol–water partition coefficient (Wildman–Crippen LogP) is 4.27. The summed E-state index contributed by atoms with van der Waals surface area (Å²) in [7, 11) is 0. The Labute approximate surface area is 106 Å². The Morgan fingerprint density at radius 1 is 1.24 bits per heavy atom. The average molecular weight is 308 g/mol. The lowest BCUT2D eigenvalue weighted by Gasteiger charge is -2.31. The molecule has 0 saturated heterocycles. The normalized spacial score (nSPS) is 18.9. The topological polar surface area (TPSA) is 26.0 Å². The molecule has 1 saturated carbocycles. The largest absolute Gasteiger partial charge is 0.416 e. The van der Waals surface area contributed by atoms with Gasteiger partial charge in [-0.3, -0.25) is 0 Å². The van der Waals surface area contributed by atoms with Crippen LogP contribution in [0.3, 0.4) is 0 Å². The zero-order valence-electron chi connectivity index (χ0n) is 9.10. The highest BCUT2D eigenvalue weighted by molar-refractivity contribution is 9.10. The van der Waals surface area contributed by atoms with Crippen molar-refractivity contribution in [3.63, 3.8) is 0 Å². The van der Waals surface area contributed by atoms with Crippen molar-refractivity contribution in [2.45, 2.75) is 31.5 Å². The first kappa shape index (κ1) is 12.9. The van der Waals surface area contributed by atoms with Crippen LogP contribution in [0, 0.1) is 5.92 Å². The van der Waals surface area contributed by atoms with E-state index < -0.39 is 11.7 Å². The number of halogens is 4. The van der Waals surface area contributed by atoms with E-state index in [1.165, 1.54) is 0 Å². The first-order chi connectivity index (χ1) is 7.88. The fourth-order valence-corrected chi connectivity index (χ4v) is 2.55. The third-order valence-electron chi connectivity index (χ3n) is 3.29. The van der Waals surface area contributed by atoms with Crippen molar-refractivity contribution in [3.8, 4) is 0 Å². The quantitative estimate of drug-likeness (QED) is 0.867. The molecule has 0 aliphatic heterocycles. The van der Waals surface area contributed by atoms with Crippen LogP contribution in [0.4, 0.5) is 13.2 Å². The summed E-state index contributed by atoms with van der Waals surface area (Å²) in [5.41, 5.74) is 5.92. The molecule has 0 spiro atoms. The van der Waals surface area contributed by atoms with Gasteiger partial charge in [0.1, 0.15) is 0 Å². The molecule has 5 heteroatoms. The maximum atomic E-state index is 12.6. The second-order valence-corrected chi connectivity index (χ2v) is 5.40. The van der Waals surface area contributed by atoms with Gasteiger partial charge in [-0.1, -0.05) is 22.4 Å². The van der Waals surface area contributed by atoms with Gasteiger partial charge in [0.25, 0.3) is 0 Å². The van der Waals surface area contributed by atoms with E-state index in [9.17, 15) is 13.2 Å². The van der Waals surface area contributed by atoms with Crippen LogP contribution < -0.4 is 5.73 Å².